The highest BCUT2D eigenvalue weighted by molar-refractivity contribution is 7.91. The predicted octanol–water partition coefficient (Wildman–Crippen LogP) is 4.34. The minimum Gasteiger partial charge on any atom is -0.462 e. The van der Waals surface area contributed by atoms with Gasteiger partial charge in [-0.25, -0.2) is 18.0 Å². The molecule has 0 radical (unpaired) electrons. The minimum atomic E-state index is -3.93. The Bertz CT molecular complexity index is 1290. The van der Waals surface area contributed by atoms with Gasteiger partial charge in [-0.2, -0.15) is 4.31 Å². The Morgan fingerprint density at radius 1 is 1.11 bits per heavy atom. The molecule has 0 aromatic carbocycles. The van der Waals surface area contributed by atoms with Crippen molar-refractivity contribution in [3.8, 4) is 0 Å². The van der Waals surface area contributed by atoms with Gasteiger partial charge in [0.25, 0.3) is 10.0 Å². The second kappa shape index (κ2) is 11.7. The number of nitrogens with one attached hydrogen (secondary N) is 1. The molecule has 10 nitrogen and oxygen atoms in total. The summed E-state index contributed by atoms with van der Waals surface area (Å²) in [5.41, 5.74) is 0.981. The average Bonchev–Trinajstić information content (AvgIpc) is 3.47. The number of thiophene rings is 2. The Hall–Kier alpha value is -2.19. The maximum atomic E-state index is 13.5. The van der Waals surface area contributed by atoms with Crippen LogP contribution in [0.2, 0.25) is 4.34 Å². The molecule has 2 aromatic heterocycles. The first-order chi connectivity index (χ1) is 17.7. The van der Waals surface area contributed by atoms with Crippen molar-refractivity contribution in [3.05, 3.63) is 32.5 Å². The molecule has 0 spiro atoms. The molecule has 2 aromatic rings. The Labute approximate surface area is 228 Å². The summed E-state index contributed by atoms with van der Waals surface area (Å²) in [5, 5.41) is 3.11. The smallest absolute Gasteiger partial charge is 0.410 e. The maximum Gasteiger partial charge on any atom is 0.410 e. The van der Waals surface area contributed by atoms with E-state index in [-0.39, 0.29) is 36.1 Å². The van der Waals surface area contributed by atoms with Crippen LogP contribution in [0.5, 0.6) is 0 Å². The van der Waals surface area contributed by atoms with Crippen LogP contribution in [0.4, 0.5) is 9.80 Å². The van der Waals surface area contributed by atoms with E-state index in [1.165, 1.54) is 27.8 Å². The average molecular weight is 590 g/mol. The lowest BCUT2D eigenvalue weighted by Crippen LogP contribution is -2.49. The summed E-state index contributed by atoms with van der Waals surface area (Å²) in [6.07, 6.45) is 1.63. The van der Waals surface area contributed by atoms with Gasteiger partial charge in [-0.05, 0) is 50.8 Å². The van der Waals surface area contributed by atoms with E-state index < -0.39 is 34.0 Å². The molecule has 2 aliphatic heterocycles. The number of carbonyl (C=O) groups is 3. The zero-order valence-corrected chi connectivity index (χ0v) is 23.7. The van der Waals surface area contributed by atoms with Gasteiger partial charge in [0.2, 0.25) is 5.91 Å². The third-order valence-electron chi connectivity index (χ3n) is 6.17. The van der Waals surface area contributed by atoms with Crippen molar-refractivity contribution in [2.75, 3.05) is 31.6 Å². The van der Waals surface area contributed by atoms with Crippen LogP contribution in [-0.2, 0) is 37.3 Å². The van der Waals surface area contributed by atoms with Crippen molar-refractivity contribution in [1.29, 1.82) is 0 Å². The van der Waals surface area contributed by atoms with E-state index in [0.29, 0.717) is 41.6 Å². The molecule has 4 heterocycles. The van der Waals surface area contributed by atoms with Crippen molar-refractivity contribution < 1.29 is 32.3 Å². The Balaban J connectivity index is 1.62. The summed E-state index contributed by atoms with van der Waals surface area (Å²) >= 11 is 8.10. The van der Waals surface area contributed by atoms with Gasteiger partial charge >= 0.3 is 12.1 Å². The molecular weight excluding hydrogens is 562 g/mol. The van der Waals surface area contributed by atoms with Crippen molar-refractivity contribution >= 4 is 67.3 Å². The number of carbonyl (C=O) groups excluding carboxylic acids is 3. The summed E-state index contributed by atoms with van der Waals surface area (Å²) < 4.78 is 38.6. The van der Waals surface area contributed by atoms with E-state index in [9.17, 15) is 22.8 Å². The first-order valence-corrected chi connectivity index (χ1v) is 15.4. The van der Waals surface area contributed by atoms with Gasteiger partial charge in [-0.15, -0.1) is 22.7 Å². The van der Waals surface area contributed by atoms with Crippen molar-refractivity contribution in [3.63, 3.8) is 0 Å². The molecule has 14 heteroatoms. The lowest BCUT2D eigenvalue weighted by Gasteiger charge is -2.33. The number of anilines is 1. The highest BCUT2D eigenvalue weighted by atomic mass is 35.5. The van der Waals surface area contributed by atoms with Crippen LogP contribution in [0.25, 0.3) is 0 Å². The molecule has 2 amide bonds. The largest absolute Gasteiger partial charge is 0.462 e. The van der Waals surface area contributed by atoms with E-state index >= 15 is 0 Å². The number of rotatable bonds is 7. The van der Waals surface area contributed by atoms with Crippen molar-refractivity contribution in [2.45, 2.75) is 56.3 Å². The topological polar surface area (TPSA) is 122 Å². The molecule has 1 atom stereocenters. The highest BCUT2D eigenvalue weighted by Crippen LogP contribution is 2.39. The van der Waals surface area contributed by atoms with E-state index in [4.69, 9.17) is 21.1 Å². The van der Waals surface area contributed by atoms with E-state index in [2.05, 4.69) is 5.32 Å². The number of ether oxygens (including phenoxy) is 2. The molecular formula is C23H28ClN3O7S3. The summed E-state index contributed by atoms with van der Waals surface area (Å²) in [7, 11) is -3.93. The molecule has 2 aliphatic rings. The zero-order chi connectivity index (χ0) is 26.7. The third-order valence-corrected chi connectivity index (χ3v) is 10.9. The summed E-state index contributed by atoms with van der Waals surface area (Å²) in [6.45, 7) is 4.64. The Kier molecular flexibility index (Phi) is 8.79. The zero-order valence-electron chi connectivity index (χ0n) is 20.5. The first kappa shape index (κ1) is 27.8. The van der Waals surface area contributed by atoms with Crippen LogP contribution in [-0.4, -0.2) is 67.9 Å². The molecule has 1 unspecified atom stereocenters. The lowest BCUT2D eigenvalue weighted by atomic mass is 10.0. The number of fused-ring (bicyclic) bond motifs is 1. The van der Waals surface area contributed by atoms with E-state index in [0.717, 1.165) is 21.8 Å². The monoisotopic (exact) mass is 589 g/mol. The second-order valence-electron chi connectivity index (χ2n) is 8.47. The minimum absolute atomic E-state index is 0.0788. The third kappa shape index (κ3) is 5.80. The number of nitrogens with zero attached hydrogens (tertiary/aromatic N) is 2. The SMILES string of the molecule is CCOC(=O)c1c(NC(=O)C2CCCCN2S(=O)(=O)c2ccc(Cl)s2)sc2c1CCN(C(=O)OCC)C2. The Morgan fingerprint density at radius 2 is 1.86 bits per heavy atom. The van der Waals surface area contributed by atoms with Crippen molar-refractivity contribution in [2.24, 2.45) is 0 Å². The van der Waals surface area contributed by atoms with Gasteiger partial charge in [0.15, 0.2) is 0 Å². The van der Waals surface area contributed by atoms with Gasteiger partial charge in [0.05, 0.1) is 29.7 Å². The fourth-order valence-corrected chi connectivity index (χ4v) is 9.01. The fourth-order valence-electron chi connectivity index (χ4n) is 4.48. The molecule has 4 rings (SSSR count). The number of hydrogen-bond acceptors (Lipinski definition) is 9. The van der Waals surface area contributed by atoms with Crippen LogP contribution < -0.4 is 5.32 Å². The van der Waals surface area contributed by atoms with Crippen LogP contribution in [0.3, 0.4) is 0 Å². The molecule has 0 aliphatic carbocycles. The second-order valence-corrected chi connectivity index (χ2v) is 13.4. The number of esters is 1. The van der Waals surface area contributed by atoms with Crippen LogP contribution in [0.15, 0.2) is 16.3 Å². The normalized spacial score (nSPS) is 18.2. The number of halogens is 1. The molecule has 0 bridgehead atoms. The number of amides is 2. The van der Waals surface area contributed by atoms with Crippen LogP contribution >= 0.6 is 34.3 Å². The molecule has 202 valence electrons. The van der Waals surface area contributed by atoms with Crippen LogP contribution in [0.1, 0.15) is 53.9 Å². The van der Waals surface area contributed by atoms with E-state index in [1.54, 1.807) is 18.7 Å². The summed E-state index contributed by atoms with van der Waals surface area (Å²) in [6, 6.07) is 2.01. The predicted molar refractivity (Wildman–Crippen MR) is 141 cm³/mol. The van der Waals surface area contributed by atoms with Crippen molar-refractivity contribution in [1.82, 2.24) is 9.21 Å². The molecule has 37 heavy (non-hydrogen) atoms. The summed E-state index contributed by atoms with van der Waals surface area (Å²) in [4.78, 5) is 40.9. The Morgan fingerprint density at radius 3 is 2.54 bits per heavy atom. The van der Waals surface area contributed by atoms with Gasteiger partial charge in [0.1, 0.15) is 15.3 Å². The fraction of sp³-hybridized carbons (Fsp3) is 0.522. The number of hydrogen-bond donors (Lipinski definition) is 1. The molecule has 1 fully saturated rings. The molecule has 1 N–H and O–H groups in total. The number of sulfonamides is 1. The van der Waals surface area contributed by atoms with Crippen LogP contribution in [0, 0.1) is 0 Å². The quantitative estimate of drug-likeness (QED) is 0.477. The summed E-state index contributed by atoms with van der Waals surface area (Å²) in [5.74, 6) is -1.08. The van der Waals surface area contributed by atoms with Gasteiger partial charge in [0, 0.05) is 18.0 Å². The van der Waals surface area contributed by atoms with Gasteiger partial charge in [-0.1, -0.05) is 18.0 Å². The standard InChI is InChI=1S/C23H28ClN3O7S3/c1-3-33-22(29)19-14-10-12-26(23(30)34-4-2)13-16(14)35-21(19)25-20(28)15-7-5-6-11-27(15)37(31,32)18-9-8-17(24)36-18/h8-9,15H,3-7,10-13H2,1-2H3,(H,25,28). The maximum absolute atomic E-state index is 13.5. The molecule has 1 saturated heterocycles. The number of piperidine rings is 1. The lowest BCUT2D eigenvalue weighted by molar-refractivity contribution is -0.120. The van der Waals surface area contributed by atoms with Gasteiger partial charge < -0.3 is 19.7 Å². The molecule has 0 saturated carbocycles. The highest BCUT2D eigenvalue weighted by Gasteiger charge is 2.39. The van der Waals surface area contributed by atoms with E-state index in [1.807, 2.05) is 0 Å². The first-order valence-electron chi connectivity index (χ1n) is 12.0. The van der Waals surface area contributed by atoms with Gasteiger partial charge in [-0.3, -0.25) is 4.79 Å².